The van der Waals surface area contributed by atoms with Gasteiger partial charge < -0.3 is 16.0 Å². The largest absolute Gasteiger partial charge is 0.325 e. The first-order valence-electron chi connectivity index (χ1n) is 11.9. The molecule has 0 saturated carbocycles. The number of thioether (sulfide) groups is 1. The molecule has 6 nitrogen and oxygen atoms in total. The number of rotatable bonds is 9. The van der Waals surface area contributed by atoms with Crippen LogP contribution in [0.4, 0.5) is 20.2 Å². The fourth-order valence-electron chi connectivity index (χ4n) is 3.45. The number of amides is 3. The molecule has 0 saturated heterocycles. The Morgan fingerprint density at radius 3 is 2.10 bits per heavy atom. The van der Waals surface area contributed by atoms with Gasteiger partial charge in [0.1, 0.15) is 17.3 Å². The Kier molecular flexibility index (Phi) is 9.66. The van der Waals surface area contributed by atoms with Gasteiger partial charge in [-0.2, -0.15) is 0 Å². The van der Waals surface area contributed by atoms with Gasteiger partial charge in [0.15, 0.2) is 0 Å². The molecule has 3 amide bonds. The first-order chi connectivity index (χ1) is 19.3. The first-order valence-corrected chi connectivity index (χ1v) is 13.3. The van der Waals surface area contributed by atoms with E-state index in [-0.39, 0.29) is 27.9 Å². The SMILES string of the molecule is O=C(CSc1ccc(NC(=O)/C(=C/c2c(F)cccc2Cl)NC(=O)c2ccccc2)cc1)Nc1ccc(F)cc1. The molecule has 0 radical (unpaired) electrons. The second kappa shape index (κ2) is 13.5. The van der Waals surface area contributed by atoms with Gasteiger partial charge in [-0.05, 0) is 78.9 Å². The molecular formula is C30H22ClF2N3O3S. The van der Waals surface area contributed by atoms with E-state index in [0.29, 0.717) is 16.9 Å². The van der Waals surface area contributed by atoms with Gasteiger partial charge in [-0.25, -0.2) is 8.78 Å². The van der Waals surface area contributed by atoms with E-state index in [0.717, 1.165) is 4.90 Å². The van der Waals surface area contributed by atoms with Crippen molar-refractivity contribution in [2.24, 2.45) is 0 Å². The Morgan fingerprint density at radius 1 is 0.775 bits per heavy atom. The van der Waals surface area contributed by atoms with Crippen molar-refractivity contribution in [3.63, 3.8) is 0 Å². The smallest absolute Gasteiger partial charge is 0.272 e. The highest BCUT2D eigenvalue weighted by molar-refractivity contribution is 8.00. The van der Waals surface area contributed by atoms with E-state index in [1.807, 2.05) is 0 Å². The van der Waals surface area contributed by atoms with Crippen LogP contribution in [0.15, 0.2) is 108 Å². The van der Waals surface area contributed by atoms with E-state index in [1.54, 1.807) is 54.6 Å². The highest BCUT2D eigenvalue weighted by atomic mass is 35.5. The van der Waals surface area contributed by atoms with Crippen LogP contribution in [-0.2, 0) is 9.59 Å². The van der Waals surface area contributed by atoms with Gasteiger partial charge in [0, 0.05) is 27.4 Å². The third-order valence-corrected chi connectivity index (χ3v) is 6.77. The number of carbonyl (C=O) groups excluding carboxylic acids is 3. The second-order valence-electron chi connectivity index (χ2n) is 8.34. The summed E-state index contributed by atoms with van der Waals surface area (Å²) in [4.78, 5) is 38.9. The van der Waals surface area contributed by atoms with E-state index in [4.69, 9.17) is 11.6 Å². The lowest BCUT2D eigenvalue weighted by atomic mass is 10.1. The molecule has 0 aliphatic rings. The molecule has 4 aromatic carbocycles. The third kappa shape index (κ3) is 8.02. The summed E-state index contributed by atoms with van der Waals surface area (Å²) in [6.45, 7) is 0. The van der Waals surface area contributed by atoms with E-state index < -0.39 is 23.4 Å². The maximum Gasteiger partial charge on any atom is 0.272 e. The molecule has 0 atom stereocenters. The summed E-state index contributed by atoms with van der Waals surface area (Å²) in [5.41, 5.74) is 0.949. The van der Waals surface area contributed by atoms with Crippen molar-refractivity contribution < 1.29 is 23.2 Å². The summed E-state index contributed by atoms with van der Waals surface area (Å²) in [5.74, 6) is -2.44. The molecule has 0 aliphatic heterocycles. The minimum Gasteiger partial charge on any atom is -0.325 e. The molecule has 40 heavy (non-hydrogen) atoms. The highest BCUT2D eigenvalue weighted by Gasteiger charge is 2.17. The van der Waals surface area contributed by atoms with Gasteiger partial charge in [0.2, 0.25) is 5.91 Å². The molecule has 0 aromatic heterocycles. The van der Waals surface area contributed by atoms with E-state index in [1.165, 1.54) is 60.3 Å². The van der Waals surface area contributed by atoms with Crippen molar-refractivity contribution >= 4 is 58.5 Å². The summed E-state index contributed by atoms with van der Waals surface area (Å²) >= 11 is 7.41. The number of carbonyl (C=O) groups is 3. The summed E-state index contributed by atoms with van der Waals surface area (Å²) in [6.07, 6.45) is 1.18. The summed E-state index contributed by atoms with van der Waals surface area (Å²) in [7, 11) is 0. The standard InChI is InChI=1S/C30H22ClF2N3O3S/c31-25-7-4-8-26(33)24(25)17-27(36-29(38)19-5-2-1-3-6-19)30(39)35-22-13-15-23(16-14-22)40-18-28(37)34-21-11-9-20(32)10-12-21/h1-17H,18H2,(H,34,37)(H,35,39)(H,36,38)/b27-17-. The lowest BCUT2D eigenvalue weighted by molar-refractivity contribution is -0.114. The molecule has 0 aliphatic carbocycles. The predicted octanol–water partition coefficient (Wildman–Crippen LogP) is 6.76. The number of benzene rings is 4. The van der Waals surface area contributed by atoms with Crippen LogP contribution in [0.3, 0.4) is 0 Å². The Labute approximate surface area is 238 Å². The normalized spacial score (nSPS) is 11.0. The zero-order chi connectivity index (χ0) is 28.5. The molecule has 0 heterocycles. The monoisotopic (exact) mass is 577 g/mol. The number of hydrogen-bond acceptors (Lipinski definition) is 4. The maximum atomic E-state index is 14.5. The molecule has 202 valence electrons. The minimum absolute atomic E-state index is 0.0478. The molecule has 0 unspecified atom stereocenters. The molecule has 0 spiro atoms. The molecule has 0 bridgehead atoms. The lowest BCUT2D eigenvalue weighted by Crippen LogP contribution is -2.30. The van der Waals surface area contributed by atoms with E-state index >= 15 is 0 Å². The van der Waals surface area contributed by atoms with Crippen molar-refractivity contribution in [2.75, 3.05) is 16.4 Å². The molecule has 4 rings (SSSR count). The van der Waals surface area contributed by atoms with Crippen molar-refractivity contribution in [1.82, 2.24) is 5.32 Å². The van der Waals surface area contributed by atoms with Crippen LogP contribution < -0.4 is 16.0 Å². The number of hydrogen-bond donors (Lipinski definition) is 3. The zero-order valence-corrected chi connectivity index (χ0v) is 22.4. The highest BCUT2D eigenvalue weighted by Crippen LogP contribution is 2.24. The van der Waals surface area contributed by atoms with Crippen molar-refractivity contribution in [3.05, 3.63) is 131 Å². The second-order valence-corrected chi connectivity index (χ2v) is 9.79. The molecule has 3 N–H and O–H groups in total. The van der Waals surface area contributed by atoms with Crippen molar-refractivity contribution in [1.29, 1.82) is 0 Å². The van der Waals surface area contributed by atoms with Crippen LogP contribution in [0.1, 0.15) is 15.9 Å². The van der Waals surface area contributed by atoms with Crippen LogP contribution in [0.25, 0.3) is 6.08 Å². The van der Waals surface area contributed by atoms with Gasteiger partial charge >= 0.3 is 0 Å². The molecule has 0 fully saturated rings. The zero-order valence-electron chi connectivity index (χ0n) is 20.8. The summed E-state index contributed by atoms with van der Waals surface area (Å²) < 4.78 is 27.5. The van der Waals surface area contributed by atoms with Gasteiger partial charge in [0.05, 0.1) is 10.8 Å². The van der Waals surface area contributed by atoms with Crippen LogP contribution in [0.2, 0.25) is 5.02 Å². The average Bonchev–Trinajstić information content (AvgIpc) is 2.95. The van der Waals surface area contributed by atoms with E-state index in [2.05, 4.69) is 16.0 Å². The Balaban J connectivity index is 1.43. The maximum absolute atomic E-state index is 14.5. The van der Waals surface area contributed by atoms with Crippen LogP contribution >= 0.6 is 23.4 Å². The summed E-state index contributed by atoms with van der Waals surface area (Å²) in [6, 6.07) is 24.5. The van der Waals surface area contributed by atoms with Gasteiger partial charge in [-0.1, -0.05) is 35.9 Å². The van der Waals surface area contributed by atoms with Crippen LogP contribution in [0, 0.1) is 11.6 Å². The predicted molar refractivity (Wildman–Crippen MR) is 154 cm³/mol. The van der Waals surface area contributed by atoms with Gasteiger partial charge in [0.25, 0.3) is 11.8 Å². The fourth-order valence-corrected chi connectivity index (χ4v) is 4.36. The number of anilines is 2. The average molecular weight is 578 g/mol. The third-order valence-electron chi connectivity index (χ3n) is 5.43. The molecular weight excluding hydrogens is 556 g/mol. The van der Waals surface area contributed by atoms with Gasteiger partial charge in [-0.15, -0.1) is 11.8 Å². The summed E-state index contributed by atoms with van der Waals surface area (Å²) in [5, 5.41) is 7.98. The van der Waals surface area contributed by atoms with Crippen LogP contribution in [0.5, 0.6) is 0 Å². The molecule has 4 aromatic rings. The van der Waals surface area contributed by atoms with E-state index in [9.17, 15) is 23.2 Å². The fraction of sp³-hybridized carbons (Fsp3) is 0.0333. The molecule has 10 heteroatoms. The number of nitrogens with one attached hydrogen (secondary N) is 3. The van der Waals surface area contributed by atoms with Crippen molar-refractivity contribution in [3.8, 4) is 0 Å². The van der Waals surface area contributed by atoms with Crippen LogP contribution in [-0.4, -0.2) is 23.5 Å². The minimum atomic E-state index is -0.692. The van der Waals surface area contributed by atoms with Gasteiger partial charge in [-0.3, -0.25) is 14.4 Å². The number of halogens is 3. The Hall–Kier alpha value is -4.47. The lowest BCUT2D eigenvalue weighted by Gasteiger charge is -2.12. The van der Waals surface area contributed by atoms with Crippen molar-refractivity contribution in [2.45, 2.75) is 4.90 Å². The Morgan fingerprint density at radius 2 is 1.43 bits per heavy atom. The topological polar surface area (TPSA) is 87.3 Å². The quantitative estimate of drug-likeness (QED) is 0.152. The first kappa shape index (κ1) is 28.5. The Bertz CT molecular complexity index is 1530.